The third kappa shape index (κ3) is 6.59. The van der Waals surface area contributed by atoms with Crippen molar-refractivity contribution in [3.05, 3.63) is 144 Å². The number of benzene rings is 4. The van der Waals surface area contributed by atoms with Gasteiger partial charge in [0, 0.05) is 43.5 Å². The molecule has 4 nitrogen and oxygen atoms in total. The molecule has 210 valence electrons. The Morgan fingerprint density at radius 3 is 1.90 bits per heavy atom. The van der Waals surface area contributed by atoms with Gasteiger partial charge in [-0.2, -0.15) is 0 Å². The summed E-state index contributed by atoms with van der Waals surface area (Å²) in [4.78, 5) is 13.3. The summed E-state index contributed by atoms with van der Waals surface area (Å²) >= 11 is 1.68. The molecule has 0 saturated carbocycles. The highest BCUT2D eigenvalue weighted by Gasteiger charge is 2.22. The van der Waals surface area contributed by atoms with Crippen molar-refractivity contribution in [2.45, 2.75) is 45.9 Å². The Labute approximate surface area is 253 Å². The Kier molecular flexibility index (Phi) is 8.99. The van der Waals surface area contributed by atoms with Gasteiger partial charge in [0.1, 0.15) is 5.82 Å². The Balaban J connectivity index is 1.40. The largest absolute Gasteiger partial charge is 0.326 e. The molecule has 42 heavy (non-hydrogen) atoms. The van der Waals surface area contributed by atoms with E-state index in [9.17, 15) is 0 Å². The molecular weight excluding hydrogens is 533 g/mol. The average Bonchev–Trinajstić information content (AvgIpc) is 3.71. The predicted molar refractivity (Wildman–Crippen MR) is 175 cm³/mol. The molecule has 0 radical (unpaired) electrons. The maximum absolute atomic E-state index is 5.34. The van der Waals surface area contributed by atoms with E-state index < -0.39 is 0 Å². The Morgan fingerprint density at radius 2 is 1.29 bits per heavy atom. The van der Waals surface area contributed by atoms with Gasteiger partial charge in [0.05, 0.1) is 21.8 Å². The lowest BCUT2D eigenvalue weighted by Crippen LogP contribution is -2.24. The number of aromatic nitrogens is 3. The van der Waals surface area contributed by atoms with E-state index in [4.69, 9.17) is 4.98 Å². The molecule has 0 fully saturated rings. The SMILES string of the molecule is CCCCn1c(-c2ccccc2)nc(-c2ccccc2)c1CN(Cc1ccccc1)Cc1ccc(-c2cncs2)cc1. The maximum atomic E-state index is 5.34. The molecule has 0 aliphatic rings. The van der Waals surface area contributed by atoms with E-state index in [0.717, 1.165) is 61.7 Å². The van der Waals surface area contributed by atoms with Crippen LogP contribution in [0.25, 0.3) is 33.1 Å². The van der Waals surface area contributed by atoms with Gasteiger partial charge in [-0.15, -0.1) is 11.3 Å². The number of hydrogen-bond acceptors (Lipinski definition) is 4. The van der Waals surface area contributed by atoms with Crippen LogP contribution in [0.4, 0.5) is 0 Å². The first-order chi connectivity index (χ1) is 20.8. The zero-order valence-corrected chi connectivity index (χ0v) is 24.9. The summed E-state index contributed by atoms with van der Waals surface area (Å²) in [5.41, 5.74) is 10.4. The molecular formula is C37H36N4S. The van der Waals surface area contributed by atoms with Crippen molar-refractivity contribution in [3.8, 4) is 33.1 Å². The molecule has 6 aromatic rings. The van der Waals surface area contributed by atoms with Gasteiger partial charge in [0.25, 0.3) is 0 Å². The fraction of sp³-hybridized carbons (Fsp3) is 0.189. The highest BCUT2D eigenvalue weighted by Crippen LogP contribution is 2.32. The fourth-order valence-electron chi connectivity index (χ4n) is 5.45. The lowest BCUT2D eigenvalue weighted by molar-refractivity contribution is 0.241. The van der Waals surface area contributed by atoms with Crippen LogP contribution in [0, 0.1) is 0 Å². The third-order valence-corrected chi connectivity index (χ3v) is 8.41. The molecule has 0 saturated heterocycles. The van der Waals surface area contributed by atoms with Gasteiger partial charge in [0.15, 0.2) is 0 Å². The molecule has 4 aromatic carbocycles. The smallest absolute Gasteiger partial charge is 0.140 e. The summed E-state index contributed by atoms with van der Waals surface area (Å²) in [7, 11) is 0. The van der Waals surface area contributed by atoms with E-state index >= 15 is 0 Å². The van der Waals surface area contributed by atoms with Gasteiger partial charge in [-0.3, -0.25) is 9.88 Å². The predicted octanol–water partition coefficient (Wildman–Crippen LogP) is 9.34. The number of unbranched alkanes of at least 4 members (excludes halogenated alkanes) is 1. The van der Waals surface area contributed by atoms with Crippen molar-refractivity contribution in [1.82, 2.24) is 19.4 Å². The number of rotatable bonds is 12. The van der Waals surface area contributed by atoms with E-state index in [-0.39, 0.29) is 0 Å². The second kappa shape index (κ2) is 13.6. The Bertz CT molecular complexity index is 1660. The lowest BCUT2D eigenvalue weighted by Gasteiger charge is -2.25. The van der Waals surface area contributed by atoms with Crippen LogP contribution in [0.1, 0.15) is 36.6 Å². The molecule has 0 amide bonds. The molecule has 0 aliphatic heterocycles. The molecule has 0 aliphatic carbocycles. The summed E-state index contributed by atoms with van der Waals surface area (Å²) in [5, 5.41) is 0. The van der Waals surface area contributed by atoms with Gasteiger partial charge >= 0.3 is 0 Å². The zero-order chi connectivity index (χ0) is 28.6. The highest BCUT2D eigenvalue weighted by molar-refractivity contribution is 7.13. The topological polar surface area (TPSA) is 34.0 Å². The molecule has 0 unspecified atom stereocenters. The normalized spacial score (nSPS) is 11.3. The second-order valence-electron chi connectivity index (χ2n) is 10.7. The molecule has 0 atom stereocenters. The van der Waals surface area contributed by atoms with E-state index in [0.29, 0.717) is 0 Å². The summed E-state index contributed by atoms with van der Waals surface area (Å²) in [6, 6.07) is 41.1. The Hall–Kier alpha value is -4.32. The summed E-state index contributed by atoms with van der Waals surface area (Å²) in [6.07, 6.45) is 4.18. The quantitative estimate of drug-likeness (QED) is 0.147. The second-order valence-corrected chi connectivity index (χ2v) is 11.5. The third-order valence-electron chi connectivity index (χ3n) is 7.59. The van der Waals surface area contributed by atoms with E-state index in [1.54, 1.807) is 11.3 Å². The highest BCUT2D eigenvalue weighted by atomic mass is 32.1. The minimum Gasteiger partial charge on any atom is -0.326 e. The zero-order valence-electron chi connectivity index (χ0n) is 24.1. The van der Waals surface area contributed by atoms with E-state index in [1.165, 1.54) is 27.3 Å². The molecule has 5 heteroatoms. The van der Waals surface area contributed by atoms with Crippen LogP contribution in [-0.4, -0.2) is 19.4 Å². The first kappa shape index (κ1) is 27.8. The monoisotopic (exact) mass is 568 g/mol. The molecule has 2 heterocycles. The number of hydrogen-bond donors (Lipinski definition) is 0. The minimum absolute atomic E-state index is 0.791. The van der Waals surface area contributed by atoms with Crippen molar-refractivity contribution < 1.29 is 0 Å². The van der Waals surface area contributed by atoms with E-state index in [2.05, 4.69) is 137 Å². The van der Waals surface area contributed by atoms with E-state index in [1.807, 2.05) is 11.7 Å². The van der Waals surface area contributed by atoms with Crippen molar-refractivity contribution >= 4 is 11.3 Å². The van der Waals surface area contributed by atoms with Crippen LogP contribution in [0.15, 0.2) is 127 Å². The molecule has 0 bridgehead atoms. The van der Waals surface area contributed by atoms with Crippen molar-refractivity contribution in [2.75, 3.05) is 0 Å². The van der Waals surface area contributed by atoms with Gasteiger partial charge < -0.3 is 4.57 Å². The summed E-state index contributed by atoms with van der Waals surface area (Å²) in [6.45, 7) is 5.68. The van der Waals surface area contributed by atoms with Crippen molar-refractivity contribution in [1.29, 1.82) is 0 Å². The molecule has 0 N–H and O–H groups in total. The number of thiazole rings is 1. The molecule has 0 spiro atoms. The first-order valence-electron chi connectivity index (χ1n) is 14.7. The standard InChI is InChI=1S/C37H36N4S/c1-2-3-23-41-34(36(32-15-9-5-10-16-32)39-37(41)33-17-11-6-12-18-33)27-40(25-29-13-7-4-8-14-29)26-30-19-21-31(22-20-30)35-24-38-28-42-35/h4-22,24,28H,2-3,23,25-27H2,1H3. The molecule has 6 rings (SSSR count). The van der Waals surface area contributed by atoms with Crippen LogP contribution in [0.2, 0.25) is 0 Å². The molecule has 2 aromatic heterocycles. The van der Waals surface area contributed by atoms with Gasteiger partial charge in [-0.25, -0.2) is 4.98 Å². The number of imidazole rings is 1. The van der Waals surface area contributed by atoms with Gasteiger partial charge in [-0.05, 0) is 23.1 Å². The van der Waals surface area contributed by atoms with Crippen LogP contribution < -0.4 is 0 Å². The fourth-order valence-corrected chi connectivity index (χ4v) is 6.08. The van der Waals surface area contributed by atoms with Crippen LogP contribution in [-0.2, 0) is 26.2 Å². The summed E-state index contributed by atoms with van der Waals surface area (Å²) in [5.74, 6) is 1.05. The van der Waals surface area contributed by atoms with Gasteiger partial charge in [0.2, 0.25) is 0 Å². The average molecular weight is 569 g/mol. The minimum atomic E-state index is 0.791. The van der Waals surface area contributed by atoms with Crippen LogP contribution in [0.5, 0.6) is 0 Å². The summed E-state index contributed by atoms with van der Waals surface area (Å²) < 4.78 is 2.48. The van der Waals surface area contributed by atoms with Crippen LogP contribution in [0.3, 0.4) is 0 Å². The van der Waals surface area contributed by atoms with Gasteiger partial charge in [-0.1, -0.05) is 129 Å². The maximum Gasteiger partial charge on any atom is 0.140 e. The lowest BCUT2D eigenvalue weighted by atomic mass is 10.1. The Morgan fingerprint density at radius 1 is 0.667 bits per heavy atom. The number of nitrogens with zero attached hydrogens (tertiary/aromatic N) is 4. The first-order valence-corrected chi connectivity index (χ1v) is 15.6. The van der Waals surface area contributed by atoms with Crippen molar-refractivity contribution in [3.63, 3.8) is 0 Å². The van der Waals surface area contributed by atoms with Crippen molar-refractivity contribution in [2.24, 2.45) is 0 Å². The van der Waals surface area contributed by atoms with Crippen LogP contribution >= 0.6 is 11.3 Å².